The lowest BCUT2D eigenvalue weighted by molar-refractivity contribution is -0.147. The lowest BCUT2D eigenvalue weighted by Gasteiger charge is -2.34. The van der Waals surface area contributed by atoms with E-state index in [0.29, 0.717) is 13.2 Å². The van der Waals surface area contributed by atoms with E-state index in [1.807, 2.05) is 6.07 Å². The SMILES string of the molecule is O=C(C1CNCCO1)N1CCCCCC1c1ccccc1. The Hall–Kier alpha value is -1.39. The number of benzene rings is 1. The van der Waals surface area contributed by atoms with Gasteiger partial charge in [-0.3, -0.25) is 4.79 Å². The van der Waals surface area contributed by atoms with Crippen molar-refractivity contribution in [3.63, 3.8) is 0 Å². The zero-order valence-corrected chi connectivity index (χ0v) is 12.5. The molecule has 4 heteroatoms. The van der Waals surface area contributed by atoms with Gasteiger partial charge in [-0.05, 0) is 18.4 Å². The fourth-order valence-corrected chi connectivity index (χ4v) is 3.30. The molecule has 1 aromatic rings. The Bertz CT molecular complexity index is 457. The van der Waals surface area contributed by atoms with Gasteiger partial charge >= 0.3 is 0 Å². The summed E-state index contributed by atoms with van der Waals surface area (Å²) in [5, 5.41) is 3.25. The van der Waals surface area contributed by atoms with Crippen molar-refractivity contribution in [2.24, 2.45) is 0 Å². The number of nitrogens with zero attached hydrogens (tertiary/aromatic N) is 1. The molecule has 2 saturated heterocycles. The molecule has 0 aromatic heterocycles. The zero-order chi connectivity index (χ0) is 14.5. The topological polar surface area (TPSA) is 41.6 Å². The minimum atomic E-state index is -0.317. The van der Waals surface area contributed by atoms with Gasteiger partial charge < -0.3 is 15.0 Å². The average molecular weight is 288 g/mol. The van der Waals surface area contributed by atoms with Crippen molar-refractivity contribution >= 4 is 5.91 Å². The smallest absolute Gasteiger partial charge is 0.253 e. The van der Waals surface area contributed by atoms with Crippen LogP contribution in [0.4, 0.5) is 0 Å². The van der Waals surface area contributed by atoms with Crippen molar-refractivity contribution in [2.75, 3.05) is 26.2 Å². The number of amides is 1. The molecular formula is C17H24N2O2. The molecule has 21 heavy (non-hydrogen) atoms. The van der Waals surface area contributed by atoms with Crippen LogP contribution >= 0.6 is 0 Å². The fraction of sp³-hybridized carbons (Fsp3) is 0.588. The number of hydrogen-bond acceptors (Lipinski definition) is 3. The maximum atomic E-state index is 12.9. The Morgan fingerprint density at radius 2 is 2.05 bits per heavy atom. The van der Waals surface area contributed by atoms with E-state index < -0.39 is 0 Å². The molecule has 0 bridgehead atoms. The number of rotatable bonds is 2. The molecule has 2 aliphatic rings. The van der Waals surface area contributed by atoms with Crippen LogP contribution in [-0.2, 0) is 9.53 Å². The van der Waals surface area contributed by atoms with Crippen molar-refractivity contribution in [2.45, 2.75) is 37.8 Å². The number of carbonyl (C=O) groups is 1. The van der Waals surface area contributed by atoms with Crippen LogP contribution in [0.3, 0.4) is 0 Å². The highest BCUT2D eigenvalue weighted by Gasteiger charge is 2.32. The van der Waals surface area contributed by atoms with Gasteiger partial charge in [0.2, 0.25) is 0 Å². The molecule has 4 nitrogen and oxygen atoms in total. The summed E-state index contributed by atoms with van der Waals surface area (Å²) in [6, 6.07) is 10.6. The third-order valence-corrected chi connectivity index (χ3v) is 4.42. The van der Waals surface area contributed by atoms with Crippen LogP contribution in [-0.4, -0.2) is 43.2 Å². The first-order valence-electron chi connectivity index (χ1n) is 8.04. The molecule has 1 amide bonds. The van der Waals surface area contributed by atoms with E-state index in [1.54, 1.807) is 0 Å². The van der Waals surface area contributed by atoms with Gasteiger partial charge in [0.15, 0.2) is 0 Å². The summed E-state index contributed by atoms with van der Waals surface area (Å²) in [4.78, 5) is 14.9. The number of hydrogen-bond donors (Lipinski definition) is 1. The Morgan fingerprint density at radius 1 is 1.19 bits per heavy atom. The van der Waals surface area contributed by atoms with E-state index in [0.717, 1.165) is 25.9 Å². The molecule has 2 fully saturated rings. The standard InChI is InChI=1S/C17H24N2O2/c20-17(16-13-18-10-12-21-16)19-11-6-2-5-9-15(19)14-7-3-1-4-8-14/h1,3-4,7-8,15-16,18H,2,5-6,9-13H2. The van der Waals surface area contributed by atoms with Crippen molar-refractivity contribution in [1.29, 1.82) is 0 Å². The quantitative estimate of drug-likeness (QED) is 0.906. The molecule has 2 heterocycles. The van der Waals surface area contributed by atoms with Crippen molar-refractivity contribution in [1.82, 2.24) is 10.2 Å². The lowest BCUT2D eigenvalue weighted by Crippen LogP contribution is -2.50. The first-order chi connectivity index (χ1) is 10.4. The van der Waals surface area contributed by atoms with E-state index in [9.17, 15) is 4.79 Å². The summed E-state index contributed by atoms with van der Waals surface area (Å²) >= 11 is 0. The number of nitrogens with one attached hydrogen (secondary N) is 1. The highest BCUT2D eigenvalue weighted by Crippen LogP contribution is 2.30. The Balaban J connectivity index is 1.79. The number of likely N-dealkylation sites (tertiary alicyclic amines) is 1. The molecule has 2 unspecified atom stereocenters. The summed E-state index contributed by atoms with van der Waals surface area (Å²) in [6.07, 6.45) is 4.22. The molecule has 1 aromatic carbocycles. The van der Waals surface area contributed by atoms with E-state index in [2.05, 4.69) is 34.5 Å². The van der Waals surface area contributed by atoms with Crippen molar-refractivity contribution in [3.05, 3.63) is 35.9 Å². The summed E-state index contributed by atoms with van der Waals surface area (Å²) in [7, 11) is 0. The van der Waals surface area contributed by atoms with Gasteiger partial charge in [0.25, 0.3) is 5.91 Å². The summed E-state index contributed by atoms with van der Waals surface area (Å²) in [5.41, 5.74) is 1.25. The van der Waals surface area contributed by atoms with Gasteiger partial charge in [-0.25, -0.2) is 0 Å². The van der Waals surface area contributed by atoms with Crippen LogP contribution in [0, 0.1) is 0 Å². The fourth-order valence-electron chi connectivity index (χ4n) is 3.30. The van der Waals surface area contributed by atoms with Gasteiger partial charge in [-0.1, -0.05) is 43.2 Å². The molecule has 1 N–H and O–H groups in total. The molecular weight excluding hydrogens is 264 g/mol. The molecule has 2 atom stereocenters. The summed E-state index contributed by atoms with van der Waals surface area (Å²) in [5.74, 6) is 0.151. The molecule has 0 radical (unpaired) electrons. The first-order valence-corrected chi connectivity index (χ1v) is 8.04. The molecule has 114 valence electrons. The predicted octanol–water partition coefficient (Wildman–Crippen LogP) is 2.12. The summed E-state index contributed by atoms with van der Waals surface area (Å²) in [6.45, 7) is 2.95. The van der Waals surface area contributed by atoms with Crippen molar-refractivity contribution < 1.29 is 9.53 Å². The lowest BCUT2D eigenvalue weighted by atomic mass is 10.0. The largest absolute Gasteiger partial charge is 0.366 e. The van der Waals surface area contributed by atoms with Crippen LogP contribution < -0.4 is 5.32 Å². The highest BCUT2D eigenvalue weighted by molar-refractivity contribution is 5.81. The molecule has 0 saturated carbocycles. The van der Waals surface area contributed by atoms with E-state index in [4.69, 9.17) is 4.74 Å². The first kappa shape index (κ1) is 14.5. The monoisotopic (exact) mass is 288 g/mol. The molecule has 3 rings (SSSR count). The van der Waals surface area contributed by atoms with Crippen LogP contribution in [0.2, 0.25) is 0 Å². The molecule has 0 aliphatic carbocycles. The van der Waals surface area contributed by atoms with Crippen molar-refractivity contribution in [3.8, 4) is 0 Å². The van der Waals surface area contributed by atoms with Crippen LogP contribution in [0.1, 0.15) is 37.3 Å². The summed E-state index contributed by atoms with van der Waals surface area (Å²) < 4.78 is 5.66. The van der Waals surface area contributed by atoms with Crippen LogP contribution in [0.25, 0.3) is 0 Å². The predicted molar refractivity (Wildman–Crippen MR) is 82.0 cm³/mol. The maximum absolute atomic E-state index is 12.9. The van der Waals surface area contributed by atoms with Gasteiger partial charge in [-0.15, -0.1) is 0 Å². The van der Waals surface area contributed by atoms with Crippen LogP contribution in [0.15, 0.2) is 30.3 Å². The third kappa shape index (κ3) is 3.44. The number of carbonyl (C=O) groups excluding carboxylic acids is 1. The van der Waals surface area contributed by atoms with Gasteiger partial charge in [0, 0.05) is 19.6 Å². The number of ether oxygens (including phenoxy) is 1. The van der Waals surface area contributed by atoms with Gasteiger partial charge in [0.1, 0.15) is 6.10 Å². The second-order valence-corrected chi connectivity index (χ2v) is 5.87. The number of morpholine rings is 1. The average Bonchev–Trinajstić information content (AvgIpc) is 2.81. The Labute approximate surface area is 126 Å². The van der Waals surface area contributed by atoms with E-state index in [-0.39, 0.29) is 18.1 Å². The Morgan fingerprint density at radius 3 is 2.81 bits per heavy atom. The third-order valence-electron chi connectivity index (χ3n) is 4.42. The minimum absolute atomic E-state index is 0.151. The highest BCUT2D eigenvalue weighted by atomic mass is 16.5. The van der Waals surface area contributed by atoms with E-state index >= 15 is 0 Å². The second-order valence-electron chi connectivity index (χ2n) is 5.87. The normalized spacial score (nSPS) is 27.1. The van der Waals surface area contributed by atoms with Gasteiger partial charge in [0.05, 0.1) is 12.6 Å². The van der Waals surface area contributed by atoms with E-state index in [1.165, 1.54) is 18.4 Å². The second kappa shape index (κ2) is 7.05. The van der Waals surface area contributed by atoms with Crippen LogP contribution in [0.5, 0.6) is 0 Å². The molecule has 2 aliphatic heterocycles. The molecule has 0 spiro atoms. The Kier molecular flexibility index (Phi) is 4.88. The zero-order valence-electron chi connectivity index (χ0n) is 12.5. The maximum Gasteiger partial charge on any atom is 0.253 e. The van der Waals surface area contributed by atoms with Gasteiger partial charge in [-0.2, -0.15) is 0 Å². The minimum Gasteiger partial charge on any atom is -0.366 e.